The maximum atomic E-state index is 12.6. The first-order chi connectivity index (χ1) is 9.83. The van der Waals surface area contributed by atoms with Crippen LogP contribution in [0, 0.1) is 19.8 Å². The summed E-state index contributed by atoms with van der Waals surface area (Å²) in [7, 11) is 0. The molecule has 116 valence electrons. The van der Waals surface area contributed by atoms with E-state index in [1.54, 1.807) is 0 Å². The van der Waals surface area contributed by atoms with Crippen molar-refractivity contribution in [2.24, 2.45) is 11.7 Å². The summed E-state index contributed by atoms with van der Waals surface area (Å²) in [5.74, 6) is 0.0342. The van der Waals surface area contributed by atoms with E-state index in [4.69, 9.17) is 5.73 Å². The van der Waals surface area contributed by atoms with Crippen molar-refractivity contribution in [1.29, 1.82) is 0 Å². The van der Waals surface area contributed by atoms with Gasteiger partial charge in [0.2, 0.25) is 5.91 Å². The Balaban J connectivity index is 2.10. The predicted molar refractivity (Wildman–Crippen MR) is 87.0 cm³/mol. The fourth-order valence-electron chi connectivity index (χ4n) is 3.42. The van der Waals surface area contributed by atoms with E-state index in [0.29, 0.717) is 0 Å². The second-order valence-electron chi connectivity index (χ2n) is 6.82. The third-order valence-corrected chi connectivity index (χ3v) is 5.04. The Morgan fingerprint density at radius 3 is 2.76 bits per heavy atom. The van der Waals surface area contributed by atoms with E-state index >= 15 is 0 Å². The molecule has 1 aromatic carbocycles. The molecule has 2 rings (SSSR count). The number of nitrogens with one attached hydrogen (secondary N) is 1. The Bertz CT molecular complexity index is 522. The molecule has 1 fully saturated rings. The molecule has 3 atom stereocenters. The van der Waals surface area contributed by atoms with Crippen molar-refractivity contribution in [1.82, 2.24) is 5.32 Å². The number of hydrogen-bond donors (Lipinski definition) is 2. The van der Waals surface area contributed by atoms with Crippen LogP contribution in [0.25, 0.3) is 0 Å². The van der Waals surface area contributed by atoms with E-state index in [1.807, 2.05) is 13.0 Å². The molecular formula is C18H28N2O. The van der Waals surface area contributed by atoms with E-state index in [1.165, 1.54) is 16.7 Å². The summed E-state index contributed by atoms with van der Waals surface area (Å²) in [6.07, 6.45) is 4.06. The molecule has 1 saturated carbocycles. The number of nitrogens with two attached hydrogens (primary N) is 1. The van der Waals surface area contributed by atoms with Gasteiger partial charge in [0.05, 0.1) is 12.0 Å². The largest absolute Gasteiger partial charge is 0.349 e. The lowest BCUT2D eigenvalue weighted by Gasteiger charge is -2.37. The van der Waals surface area contributed by atoms with Crippen LogP contribution in [-0.2, 0) is 4.79 Å². The van der Waals surface area contributed by atoms with Crippen LogP contribution >= 0.6 is 0 Å². The number of hydrogen-bond acceptors (Lipinski definition) is 2. The molecule has 1 aliphatic carbocycles. The molecule has 0 radical (unpaired) electrons. The molecule has 0 aliphatic heterocycles. The summed E-state index contributed by atoms with van der Waals surface area (Å²) in [5, 5.41) is 3.17. The van der Waals surface area contributed by atoms with Crippen molar-refractivity contribution in [3.8, 4) is 0 Å². The van der Waals surface area contributed by atoms with E-state index < -0.39 is 0 Å². The molecule has 0 aromatic heterocycles. The lowest BCUT2D eigenvalue weighted by molar-refractivity contribution is -0.128. The Hall–Kier alpha value is -1.35. The minimum absolute atomic E-state index is 0.0233. The zero-order valence-electron chi connectivity index (χ0n) is 13.7. The molecule has 3 nitrogen and oxygen atoms in total. The molecule has 1 aromatic rings. The summed E-state index contributed by atoms with van der Waals surface area (Å²) in [6.45, 7) is 8.28. The quantitative estimate of drug-likeness (QED) is 0.895. The standard InChI is InChI=1S/C18H28N2O/c1-12-8-7-9-15(13(12)2)14(3)20-17(21)16-10-5-6-11-18(16,4)19/h7-9,14,16H,5-6,10-11,19H2,1-4H3,(H,20,21). The van der Waals surface area contributed by atoms with Crippen LogP contribution in [0.2, 0.25) is 0 Å². The van der Waals surface area contributed by atoms with Crippen LogP contribution < -0.4 is 11.1 Å². The molecule has 1 amide bonds. The van der Waals surface area contributed by atoms with Gasteiger partial charge in [0.1, 0.15) is 0 Å². The molecule has 1 aliphatic rings. The maximum absolute atomic E-state index is 12.6. The lowest BCUT2D eigenvalue weighted by Crippen LogP contribution is -2.53. The van der Waals surface area contributed by atoms with Crippen molar-refractivity contribution in [3.63, 3.8) is 0 Å². The first kappa shape index (κ1) is 16.0. The molecule has 0 saturated heterocycles. The van der Waals surface area contributed by atoms with Crippen molar-refractivity contribution in [2.75, 3.05) is 0 Å². The number of rotatable bonds is 3. The Kier molecular flexibility index (Phi) is 4.72. The molecule has 21 heavy (non-hydrogen) atoms. The third kappa shape index (κ3) is 3.46. The Morgan fingerprint density at radius 2 is 2.10 bits per heavy atom. The van der Waals surface area contributed by atoms with Gasteiger partial charge in [-0.15, -0.1) is 0 Å². The minimum atomic E-state index is -0.371. The number of aryl methyl sites for hydroxylation is 1. The lowest BCUT2D eigenvalue weighted by atomic mass is 9.74. The number of carbonyl (C=O) groups is 1. The number of benzene rings is 1. The highest BCUT2D eigenvalue weighted by atomic mass is 16.2. The topological polar surface area (TPSA) is 55.1 Å². The number of carbonyl (C=O) groups excluding carboxylic acids is 1. The zero-order chi connectivity index (χ0) is 15.6. The van der Waals surface area contributed by atoms with E-state index in [-0.39, 0.29) is 23.4 Å². The molecule has 0 heterocycles. The van der Waals surface area contributed by atoms with Crippen molar-refractivity contribution >= 4 is 5.91 Å². The van der Waals surface area contributed by atoms with Gasteiger partial charge in [-0.2, -0.15) is 0 Å². The molecule has 3 heteroatoms. The van der Waals surface area contributed by atoms with Crippen LogP contribution in [0.1, 0.15) is 62.3 Å². The van der Waals surface area contributed by atoms with Crippen molar-refractivity contribution < 1.29 is 4.79 Å². The summed E-state index contributed by atoms with van der Waals surface area (Å²) in [5.41, 5.74) is 9.67. The highest BCUT2D eigenvalue weighted by Crippen LogP contribution is 2.32. The third-order valence-electron chi connectivity index (χ3n) is 5.04. The summed E-state index contributed by atoms with van der Waals surface area (Å²) < 4.78 is 0. The van der Waals surface area contributed by atoms with Crippen LogP contribution in [-0.4, -0.2) is 11.4 Å². The molecular weight excluding hydrogens is 260 g/mol. The smallest absolute Gasteiger partial charge is 0.225 e. The van der Waals surface area contributed by atoms with Crippen molar-refractivity contribution in [3.05, 3.63) is 34.9 Å². The summed E-state index contributed by atoms with van der Waals surface area (Å²) in [6, 6.07) is 6.27. The summed E-state index contributed by atoms with van der Waals surface area (Å²) >= 11 is 0. The van der Waals surface area contributed by atoms with Crippen LogP contribution in [0.15, 0.2) is 18.2 Å². The highest BCUT2D eigenvalue weighted by Gasteiger charge is 2.38. The molecule has 0 spiro atoms. The van der Waals surface area contributed by atoms with Gasteiger partial charge < -0.3 is 11.1 Å². The zero-order valence-corrected chi connectivity index (χ0v) is 13.7. The first-order valence-corrected chi connectivity index (χ1v) is 7.98. The van der Waals surface area contributed by atoms with Gasteiger partial charge >= 0.3 is 0 Å². The second-order valence-corrected chi connectivity index (χ2v) is 6.82. The SMILES string of the molecule is Cc1cccc(C(C)NC(=O)C2CCCCC2(C)N)c1C. The highest BCUT2D eigenvalue weighted by molar-refractivity contribution is 5.80. The minimum Gasteiger partial charge on any atom is -0.349 e. The monoisotopic (exact) mass is 288 g/mol. The van der Waals surface area contributed by atoms with Crippen LogP contribution in [0.4, 0.5) is 0 Å². The van der Waals surface area contributed by atoms with E-state index in [2.05, 4.69) is 38.2 Å². The van der Waals surface area contributed by atoms with Gasteiger partial charge in [-0.1, -0.05) is 31.0 Å². The van der Waals surface area contributed by atoms with Gasteiger partial charge in [0.25, 0.3) is 0 Å². The van der Waals surface area contributed by atoms with Crippen LogP contribution in [0.3, 0.4) is 0 Å². The van der Waals surface area contributed by atoms with Gasteiger partial charge in [-0.3, -0.25) is 4.79 Å². The second kappa shape index (κ2) is 6.18. The van der Waals surface area contributed by atoms with Gasteiger partial charge in [0.15, 0.2) is 0 Å². The van der Waals surface area contributed by atoms with Gasteiger partial charge in [0, 0.05) is 5.54 Å². The average molecular weight is 288 g/mol. The predicted octanol–water partition coefficient (Wildman–Crippen LogP) is 3.39. The maximum Gasteiger partial charge on any atom is 0.225 e. The average Bonchev–Trinajstić information content (AvgIpc) is 2.41. The molecule has 3 N–H and O–H groups in total. The van der Waals surface area contributed by atoms with Crippen molar-refractivity contribution in [2.45, 2.75) is 65.0 Å². The summed E-state index contributed by atoms with van der Waals surface area (Å²) in [4.78, 5) is 12.6. The van der Waals surface area contributed by atoms with Gasteiger partial charge in [-0.25, -0.2) is 0 Å². The normalized spacial score (nSPS) is 27.2. The first-order valence-electron chi connectivity index (χ1n) is 7.98. The molecule has 0 bridgehead atoms. The van der Waals surface area contributed by atoms with Gasteiger partial charge in [-0.05, 0) is 57.2 Å². The van der Waals surface area contributed by atoms with Crippen LogP contribution in [0.5, 0.6) is 0 Å². The number of amides is 1. The molecule has 3 unspecified atom stereocenters. The fourth-order valence-corrected chi connectivity index (χ4v) is 3.42. The fraction of sp³-hybridized carbons (Fsp3) is 0.611. The Labute approximate surface area is 128 Å². The Morgan fingerprint density at radius 1 is 1.38 bits per heavy atom. The van der Waals surface area contributed by atoms with E-state index in [0.717, 1.165) is 25.7 Å². The van der Waals surface area contributed by atoms with E-state index in [9.17, 15) is 4.79 Å².